The van der Waals surface area contributed by atoms with Crippen molar-refractivity contribution in [2.24, 2.45) is 0 Å². The van der Waals surface area contributed by atoms with Gasteiger partial charge in [-0.15, -0.1) is 5.10 Å². The third kappa shape index (κ3) is 2.73. The van der Waals surface area contributed by atoms with Gasteiger partial charge in [-0.2, -0.15) is 0 Å². The molecule has 2 heterocycles. The van der Waals surface area contributed by atoms with Crippen molar-refractivity contribution in [2.45, 2.75) is 19.4 Å². The van der Waals surface area contributed by atoms with Crippen LogP contribution in [0.4, 0.5) is 0 Å². The minimum absolute atomic E-state index is 0.00605. The van der Waals surface area contributed by atoms with Crippen LogP contribution in [0.1, 0.15) is 33.3 Å². The lowest BCUT2D eigenvalue weighted by Gasteiger charge is -2.23. The lowest BCUT2D eigenvalue weighted by atomic mass is 9.92. The van der Waals surface area contributed by atoms with Gasteiger partial charge in [0, 0.05) is 11.6 Å². The fourth-order valence-corrected chi connectivity index (χ4v) is 3.21. The summed E-state index contributed by atoms with van der Waals surface area (Å²) in [5.74, 6) is -1.12. The average Bonchev–Trinajstić information content (AvgIpc) is 3.11. The van der Waals surface area contributed by atoms with Gasteiger partial charge >= 0.3 is 5.97 Å². The van der Waals surface area contributed by atoms with Gasteiger partial charge in [0.15, 0.2) is 5.69 Å². The summed E-state index contributed by atoms with van der Waals surface area (Å²) in [6, 6.07) is 13.3. The number of hydrogen-bond donors (Lipinski definition) is 2. The molecule has 1 aliphatic heterocycles. The Labute approximate surface area is 149 Å². The zero-order valence-corrected chi connectivity index (χ0v) is 14.0. The van der Waals surface area contributed by atoms with Crippen molar-refractivity contribution in [3.05, 3.63) is 65.5 Å². The zero-order valence-electron chi connectivity index (χ0n) is 14.0. The molecule has 0 saturated heterocycles. The van der Waals surface area contributed by atoms with Crippen LogP contribution < -0.4 is 5.32 Å². The van der Waals surface area contributed by atoms with Gasteiger partial charge in [0.2, 0.25) is 0 Å². The van der Waals surface area contributed by atoms with Crippen LogP contribution in [0.2, 0.25) is 0 Å². The third-order valence-electron chi connectivity index (χ3n) is 4.47. The maximum absolute atomic E-state index is 12.0. The van der Waals surface area contributed by atoms with Crippen LogP contribution in [-0.4, -0.2) is 38.0 Å². The highest BCUT2D eigenvalue weighted by atomic mass is 16.4. The Morgan fingerprint density at radius 1 is 1.19 bits per heavy atom. The molecular formula is C19H16N4O3. The first-order valence-corrected chi connectivity index (χ1v) is 8.21. The number of carboxylic acid groups (broad SMARTS) is 1. The number of nitrogens with one attached hydrogen (secondary N) is 1. The molecule has 0 bridgehead atoms. The number of aromatic nitrogens is 3. The number of amides is 1. The topological polar surface area (TPSA) is 97.1 Å². The van der Waals surface area contributed by atoms with E-state index in [9.17, 15) is 14.7 Å². The van der Waals surface area contributed by atoms with Crippen LogP contribution in [0.25, 0.3) is 16.8 Å². The second-order valence-corrected chi connectivity index (χ2v) is 6.33. The number of aromatic carboxylic acids is 1. The summed E-state index contributed by atoms with van der Waals surface area (Å²) in [4.78, 5) is 23.2. The zero-order chi connectivity index (χ0) is 18.3. The number of carbonyl (C=O) groups is 2. The molecule has 1 aromatic heterocycles. The molecule has 2 N–H and O–H groups in total. The van der Waals surface area contributed by atoms with E-state index in [0.29, 0.717) is 5.69 Å². The second kappa shape index (κ2) is 6.11. The largest absolute Gasteiger partial charge is 0.476 e. The summed E-state index contributed by atoms with van der Waals surface area (Å²) in [5, 5.41) is 19.6. The van der Waals surface area contributed by atoms with E-state index >= 15 is 0 Å². The molecule has 1 atom stereocenters. The number of hydrogen-bond acceptors (Lipinski definition) is 4. The minimum Gasteiger partial charge on any atom is -0.476 e. The van der Waals surface area contributed by atoms with Crippen molar-refractivity contribution in [3.8, 4) is 16.8 Å². The molecular weight excluding hydrogens is 332 g/mol. The molecule has 1 amide bonds. The van der Waals surface area contributed by atoms with Gasteiger partial charge in [0.25, 0.3) is 5.91 Å². The summed E-state index contributed by atoms with van der Waals surface area (Å²) in [6.45, 7) is 1.99. The maximum Gasteiger partial charge on any atom is 0.356 e. The number of fused-ring (bicyclic) bond motifs is 1. The summed E-state index contributed by atoms with van der Waals surface area (Å²) >= 11 is 0. The van der Waals surface area contributed by atoms with E-state index in [1.54, 1.807) is 12.1 Å². The van der Waals surface area contributed by atoms with Gasteiger partial charge in [-0.3, -0.25) is 4.79 Å². The highest BCUT2D eigenvalue weighted by Crippen LogP contribution is 2.26. The first-order valence-electron chi connectivity index (χ1n) is 8.21. The average molecular weight is 348 g/mol. The maximum atomic E-state index is 12.0. The van der Waals surface area contributed by atoms with E-state index in [1.807, 2.05) is 37.3 Å². The van der Waals surface area contributed by atoms with Crippen LogP contribution in [-0.2, 0) is 6.42 Å². The number of rotatable bonds is 3. The molecule has 2 aromatic carbocycles. The molecule has 0 radical (unpaired) electrons. The van der Waals surface area contributed by atoms with Gasteiger partial charge in [-0.1, -0.05) is 29.5 Å². The summed E-state index contributed by atoms with van der Waals surface area (Å²) in [7, 11) is 0. The van der Waals surface area contributed by atoms with Crippen molar-refractivity contribution in [2.75, 3.05) is 0 Å². The summed E-state index contributed by atoms with van der Waals surface area (Å²) in [5.41, 5.74) is 4.37. The molecule has 1 unspecified atom stereocenters. The third-order valence-corrected chi connectivity index (χ3v) is 4.47. The number of carboxylic acids is 1. The Hall–Kier alpha value is -3.48. The number of carbonyl (C=O) groups excluding carboxylic acids is 1. The van der Waals surface area contributed by atoms with E-state index in [4.69, 9.17) is 0 Å². The van der Waals surface area contributed by atoms with Crippen molar-refractivity contribution in [3.63, 3.8) is 0 Å². The van der Waals surface area contributed by atoms with E-state index in [1.165, 1.54) is 10.9 Å². The summed E-state index contributed by atoms with van der Waals surface area (Å²) < 4.78 is 1.28. The first kappa shape index (κ1) is 16.0. The predicted molar refractivity (Wildman–Crippen MR) is 94.4 cm³/mol. The van der Waals surface area contributed by atoms with Gasteiger partial charge < -0.3 is 10.4 Å². The molecule has 1 aliphatic rings. The van der Waals surface area contributed by atoms with Crippen molar-refractivity contribution in [1.29, 1.82) is 0 Å². The van der Waals surface area contributed by atoms with E-state index in [-0.39, 0.29) is 17.6 Å². The SMILES string of the molecule is CC1Cc2cc(-c3ccc(-n4nncc4C(=O)O)cc3)ccc2C(=O)N1. The fourth-order valence-electron chi connectivity index (χ4n) is 3.21. The highest BCUT2D eigenvalue weighted by Gasteiger charge is 2.21. The molecule has 0 saturated carbocycles. The van der Waals surface area contributed by atoms with E-state index in [0.717, 1.165) is 28.7 Å². The van der Waals surface area contributed by atoms with Crippen LogP contribution in [0, 0.1) is 0 Å². The molecule has 26 heavy (non-hydrogen) atoms. The lowest BCUT2D eigenvalue weighted by Crippen LogP contribution is -2.39. The Balaban J connectivity index is 1.67. The van der Waals surface area contributed by atoms with Crippen molar-refractivity contribution in [1.82, 2.24) is 20.3 Å². The Morgan fingerprint density at radius 3 is 2.65 bits per heavy atom. The smallest absolute Gasteiger partial charge is 0.356 e. The van der Waals surface area contributed by atoms with Crippen LogP contribution >= 0.6 is 0 Å². The Kier molecular flexibility index (Phi) is 3.76. The molecule has 4 rings (SSSR count). The number of nitrogens with zero attached hydrogens (tertiary/aromatic N) is 3. The molecule has 130 valence electrons. The van der Waals surface area contributed by atoms with Crippen molar-refractivity contribution >= 4 is 11.9 Å². The van der Waals surface area contributed by atoms with Crippen molar-refractivity contribution < 1.29 is 14.7 Å². The fraction of sp³-hybridized carbons (Fsp3) is 0.158. The number of benzene rings is 2. The second-order valence-electron chi connectivity index (χ2n) is 6.33. The Bertz CT molecular complexity index is 1010. The molecule has 0 fully saturated rings. The molecule has 7 heteroatoms. The van der Waals surface area contributed by atoms with Gasteiger partial charge in [0.05, 0.1) is 11.9 Å². The Morgan fingerprint density at radius 2 is 1.92 bits per heavy atom. The first-order chi connectivity index (χ1) is 12.5. The highest BCUT2D eigenvalue weighted by molar-refractivity contribution is 5.97. The quantitative estimate of drug-likeness (QED) is 0.757. The predicted octanol–water partition coefficient (Wildman–Crippen LogP) is 2.31. The standard InChI is InChI=1S/C19H16N4O3/c1-11-8-14-9-13(4-7-16(14)18(24)21-11)12-2-5-15(6-3-12)23-17(19(25)26)10-20-22-23/h2-7,9-11H,8H2,1H3,(H,21,24)(H,25,26). The molecule has 3 aromatic rings. The molecule has 7 nitrogen and oxygen atoms in total. The van der Waals surface area contributed by atoms with Crippen LogP contribution in [0.3, 0.4) is 0 Å². The minimum atomic E-state index is -1.08. The monoisotopic (exact) mass is 348 g/mol. The summed E-state index contributed by atoms with van der Waals surface area (Å²) in [6.07, 6.45) is 2.01. The molecule has 0 spiro atoms. The van der Waals surface area contributed by atoms with E-state index in [2.05, 4.69) is 15.6 Å². The van der Waals surface area contributed by atoms with Crippen LogP contribution in [0.5, 0.6) is 0 Å². The lowest BCUT2D eigenvalue weighted by molar-refractivity contribution is 0.0686. The van der Waals surface area contributed by atoms with Gasteiger partial charge in [0.1, 0.15) is 0 Å². The normalized spacial score (nSPS) is 16.0. The van der Waals surface area contributed by atoms with Gasteiger partial charge in [-0.25, -0.2) is 9.48 Å². The van der Waals surface area contributed by atoms with Crippen LogP contribution in [0.15, 0.2) is 48.7 Å². The van der Waals surface area contributed by atoms with E-state index < -0.39 is 5.97 Å². The van der Waals surface area contributed by atoms with Gasteiger partial charge in [-0.05, 0) is 48.2 Å². The molecule has 0 aliphatic carbocycles.